The van der Waals surface area contributed by atoms with Crippen LogP contribution in [0.1, 0.15) is 11.1 Å². The Kier molecular flexibility index (Phi) is 5.46. The van der Waals surface area contributed by atoms with Crippen LogP contribution in [0.2, 0.25) is 0 Å². The smallest absolute Gasteiger partial charge is 0.321 e. The van der Waals surface area contributed by atoms with Gasteiger partial charge in [-0.3, -0.25) is 0 Å². The number of thiazole rings is 1. The number of piperazine rings is 1. The molecule has 2 aromatic carbocycles. The highest BCUT2D eigenvalue weighted by atomic mass is 32.2. The number of thioether (sulfide) groups is 1. The summed E-state index contributed by atoms with van der Waals surface area (Å²) in [5.41, 5.74) is 4.35. The van der Waals surface area contributed by atoms with Gasteiger partial charge in [-0.05, 0) is 55.5 Å². The van der Waals surface area contributed by atoms with Gasteiger partial charge in [0, 0.05) is 36.8 Å². The predicted octanol–water partition coefficient (Wildman–Crippen LogP) is 4.99. The fourth-order valence-corrected chi connectivity index (χ4v) is 5.01. The van der Waals surface area contributed by atoms with E-state index in [1.54, 1.807) is 23.1 Å². The van der Waals surface area contributed by atoms with E-state index < -0.39 is 0 Å². The number of hydrogen-bond donors (Lipinski definition) is 1. The lowest BCUT2D eigenvalue weighted by atomic mass is 10.1. The molecule has 0 saturated carbocycles. The SMILES string of the molecule is CSc1cccc2sc(N3CCN(C(=O)Nc4ccc(C)c(C)c4)CC3)nc12. The summed E-state index contributed by atoms with van der Waals surface area (Å²) in [6.07, 6.45) is 2.08. The first-order valence-corrected chi connectivity index (χ1v) is 11.4. The van der Waals surface area contributed by atoms with Gasteiger partial charge in [-0.15, -0.1) is 11.8 Å². The minimum Gasteiger partial charge on any atom is -0.345 e. The number of hydrogen-bond acceptors (Lipinski definition) is 5. The molecule has 0 atom stereocenters. The third kappa shape index (κ3) is 3.82. The van der Waals surface area contributed by atoms with E-state index in [0.717, 1.165) is 29.4 Å². The molecule has 2 amide bonds. The summed E-state index contributed by atoms with van der Waals surface area (Å²) in [5.74, 6) is 0. The molecular formula is C21H24N4OS2. The van der Waals surface area contributed by atoms with Crippen molar-refractivity contribution in [3.05, 3.63) is 47.5 Å². The van der Waals surface area contributed by atoms with Crippen molar-refractivity contribution >= 4 is 50.2 Å². The molecule has 1 aromatic heterocycles. The largest absolute Gasteiger partial charge is 0.345 e. The van der Waals surface area contributed by atoms with Crippen LogP contribution in [0, 0.1) is 13.8 Å². The molecule has 3 aromatic rings. The molecule has 1 fully saturated rings. The Hall–Kier alpha value is -2.25. The van der Waals surface area contributed by atoms with Crippen molar-refractivity contribution in [2.75, 3.05) is 42.7 Å². The van der Waals surface area contributed by atoms with E-state index in [2.05, 4.69) is 48.5 Å². The van der Waals surface area contributed by atoms with Gasteiger partial charge in [0.05, 0.1) is 10.2 Å². The summed E-state index contributed by atoms with van der Waals surface area (Å²) in [6.45, 7) is 7.13. The van der Waals surface area contributed by atoms with Crippen molar-refractivity contribution in [3.63, 3.8) is 0 Å². The van der Waals surface area contributed by atoms with Crippen LogP contribution in [-0.4, -0.2) is 48.3 Å². The van der Waals surface area contributed by atoms with Gasteiger partial charge < -0.3 is 15.1 Å². The van der Waals surface area contributed by atoms with E-state index in [-0.39, 0.29) is 6.03 Å². The Morgan fingerprint density at radius 2 is 1.89 bits per heavy atom. The van der Waals surface area contributed by atoms with Gasteiger partial charge in [0.25, 0.3) is 0 Å². The molecule has 1 N–H and O–H groups in total. The lowest BCUT2D eigenvalue weighted by molar-refractivity contribution is 0.208. The van der Waals surface area contributed by atoms with Crippen LogP contribution in [-0.2, 0) is 0 Å². The quantitative estimate of drug-likeness (QED) is 0.616. The average molecular weight is 413 g/mol. The molecule has 4 rings (SSSR count). The molecule has 0 aliphatic carbocycles. The minimum atomic E-state index is -0.0307. The van der Waals surface area contributed by atoms with E-state index in [1.807, 2.05) is 23.1 Å². The second-order valence-electron chi connectivity index (χ2n) is 7.01. The van der Waals surface area contributed by atoms with Gasteiger partial charge in [-0.2, -0.15) is 0 Å². The second-order valence-corrected chi connectivity index (χ2v) is 8.86. The number of fused-ring (bicyclic) bond motifs is 1. The maximum absolute atomic E-state index is 12.6. The molecule has 1 aliphatic heterocycles. The van der Waals surface area contributed by atoms with Crippen molar-refractivity contribution < 1.29 is 4.79 Å². The fourth-order valence-electron chi connectivity index (χ4n) is 3.33. The molecule has 28 heavy (non-hydrogen) atoms. The number of carbonyl (C=O) groups is 1. The zero-order valence-corrected chi connectivity index (χ0v) is 18.0. The van der Waals surface area contributed by atoms with Gasteiger partial charge >= 0.3 is 6.03 Å². The Morgan fingerprint density at radius 3 is 2.61 bits per heavy atom. The van der Waals surface area contributed by atoms with E-state index in [1.165, 1.54) is 20.7 Å². The molecule has 0 spiro atoms. The molecule has 0 unspecified atom stereocenters. The number of nitrogens with zero attached hydrogens (tertiary/aromatic N) is 3. The lowest BCUT2D eigenvalue weighted by Gasteiger charge is -2.34. The van der Waals surface area contributed by atoms with E-state index in [0.29, 0.717) is 13.1 Å². The number of amides is 2. The Morgan fingerprint density at radius 1 is 1.11 bits per heavy atom. The van der Waals surface area contributed by atoms with Crippen LogP contribution >= 0.6 is 23.1 Å². The normalized spacial score (nSPS) is 14.5. The molecule has 2 heterocycles. The lowest BCUT2D eigenvalue weighted by Crippen LogP contribution is -2.50. The number of benzene rings is 2. The van der Waals surface area contributed by atoms with E-state index in [9.17, 15) is 4.79 Å². The van der Waals surface area contributed by atoms with Crippen LogP contribution in [0.4, 0.5) is 15.6 Å². The summed E-state index contributed by atoms with van der Waals surface area (Å²) < 4.78 is 1.22. The maximum atomic E-state index is 12.6. The molecular weight excluding hydrogens is 388 g/mol. The Balaban J connectivity index is 1.40. The number of nitrogens with one attached hydrogen (secondary N) is 1. The van der Waals surface area contributed by atoms with Crippen molar-refractivity contribution in [2.24, 2.45) is 0 Å². The van der Waals surface area contributed by atoms with Gasteiger partial charge in [-0.1, -0.05) is 23.5 Å². The van der Waals surface area contributed by atoms with Crippen LogP contribution in [0.3, 0.4) is 0 Å². The highest BCUT2D eigenvalue weighted by Gasteiger charge is 2.23. The third-order valence-electron chi connectivity index (χ3n) is 5.19. The van der Waals surface area contributed by atoms with E-state index in [4.69, 9.17) is 4.98 Å². The van der Waals surface area contributed by atoms with Crippen molar-refractivity contribution in [1.82, 2.24) is 9.88 Å². The molecule has 7 heteroatoms. The van der Waals surface area contributed by atoms with Gasteiger partial charge in [-0.25, -0.2) is 9.78 Å². The Bertz CT molecular complexity index is 1010. The highest BCUT2D eigenvalue weighted by Crippen LogP contribution is 2.34. The minimum absolute atomic E-state index is 0.0307. The van der Waals surface area contributed by atoms with Gasteiger partial charge in [0.1, 0.15) is 0 Å². The predicted molar refractivity (Wildman–Crippen MR) is 120 cm³/mol. The molecule has 1 aliphatic rings. The standard InChI is InChI=1S/C21H24N4OS2/c1-14-7-8-16(13-15(14)2)22-20(26)24-9-11-25(12-10-24)21-23-19-17(27-3)5-4-6-18(19)28-21/h4-8,13H,9-12H2,1-3H3,(H,22,26). The van der Waals surface area contributed by atoms with Gasteiger partial charge in [0.15, 0.2) is 5.13 Å². The number of aryl methyl sites for hydroxylation is 2. The number of rotatable bonds is 3. The topological polar surface area (TPSA) is 48.5 Å². The molecule has 0 bridgehead atoms. The highest BCUT2D eigenvalue weighted by molar-refractivity contribution is 7.98. The first kappa shape index (κ1) is 19.1. The number of para-hydroxylation sites is 1. The summed E-state index contributed by atoms with van der Waals surface area (Å²) in [7, 11) is 0. The number of aromatic nitrogens is 1. The fraction of sp³-hybridized carbons (Fsp3) is 0.333. The van der Waals surface area contributed by atoms with Crippen LogP contribution in [0.15, 0.2) is 41.3 Å². The van der Waals surface area contributed by atoms with Gasteiger partial charge in [0.2, 0.25) is 0 Å². The second kappa shape index (κ2) is 8.01. The first-order valence-electron chi connectivity index (χ1n) is 9.37. The van der Waals surface area contributed by atoms with Crippen molar-refractivity contribution in [3.8, 4) is 0 Å². The monoisotopic (exact) mass is 412 g/mol. The average Bonchev–Trinajstić information content (AvgIpc) is 3.15. The summed E-state index contributed by atoms with van der Waals surface area (Å²) >= 11 is 3.46. The number of urea groups is 1. The third-order valence-corrected chi connectivity index (χ3v) is 7.04. The van der Waals surface area contributed by atoms with Crippen LogP contribution in [0.5, 0.6) is 0 Å². The molecule has 5 nitrogen and oxygen atoms in total. The zero-order valence-electron chi connectivity index (χ0n) is 16.4. The molecule has 146 valence electrons. The van der Waals surface area contributed by atoms with Crippen molar-refractivity contribution in [1.29, 1.82) is 0 Å². The Labute approximate surface area is 173 Å². The van der Waals surface area contributed by atoms with Crippen LogP contribution in [0.25, 0.3) is 10.2 Å². The summed E-state index contributed by atoms with van der Waals surface area (Å²) in [4.78, 5) is 22.9. The first-order chi connectivity index (χ1) is 13.5. The maximum Gasteiger partial charge on any atom is 0.321 e. The number of carbonyl (C=O) groups excluding carboxylic acids is 1. The van der Waals surface area contributed by atoms with Crippen molar-refractivity contribution in [2.45, 2.75) is 18.7 Å². The molecule has 0 radical (unpaired) electrons. The zero-order chi connectivity index (χ0) is 19.7. The summed E-state index contributed by atoms with van der Waals surface area (Å²) in [6, 6.07) is 12.3. The molecule has 1 saturated heterocycles. The summed E-state index contributed by atoms with van der Waals surface area (Å²) in [5, 5.41) is 4.07. The number of anilines is 2. The van der Waals surface area contributed by atoms with E-state index >= 15 is 0 Å². The van der Waals surface area contributed by atoms with Crippen LogP contribution < -0.4 is 10.2 Å².